The fourth-order valence-electron chi connectivity index (χ4n) is 1.93. The van der Waals surface area contributed by atoms with Crippen LogP contribution in [0.5, 0.6) is 0 Å². The van der Waals surface area contributed by atoms with E-state index >= 15 is 0 Å². The first-order valence-corrected chi connectivity index (χ1v) is 8.23. The van der Waals surface area contributed by atoms with Gasteiger partial charge < -0.3 is 4.74 Å². The van der Waals surface area contributed by atoms with E-state index < -0.39 is 0 Å². The standard InChI is InChI=1S/C15H32OS/c1-2-3-4-10-13-16-14-11-8-6-5-7-9-12-15-17/h17H,2-15H2,1H3. The second-order valence-electron chi connectivity index (χ2n) is 4.87. The van der Waals surface area contributed by atoms with Crippen LogP contribution in [0.4, 0.5) is 0 Å². The van der Waals surface area contributed by atoms with Gasteiger partial charge in [-0.1, -0.05) is 58.3 Å². The zero-order valence-electron chi connectivity index (χ0n) is 11.8. The van der Waals surface area contributed by atoms with Crippen LogP contribution in [0.25, 0.3) is 0 Å². The molecule has 17 heavy (non-hydrogen) atoms. The Morgan fingerprint density at radius 2 is 1.12 bits per heavy atom. The van der Waals surface area contributed by atoms with E-state index in [4.69, 9.17) is 4.74 Å². The molecule has 0 amide bonds. The maximum Gasteiger partial charge on any atom is 0.0466 e. The number of hydrogen-bond acceptors (Lipinski definition) is 2. The quantitative estimate of drug-likeness (QED) is 0.332. The van der Waals surface area contributed by atoms with Crippen LogP contribution in [0.2, 0.25) is 0 Å². The largest absolute Gasteiger partial charge is 0.381 e. The average molecular weight is 260 g/mol. The predicted molar refractivity (Wildman–Crippen MR) is 81.1 cm³/mol. The molecule has 0 aliphatic heterocycles. The van der Waals surface area contributed by atoms with E-state index in [1.54, 1.807) is 0 Å². The SMILES string of the molecule is CCCCCCOCCCCCCCCCS. The summed E-state index contributed by atoms with van der Waals surface area (Å²) in [5.74, 6) is 1.05. The van der Waals surface area contributed by atoms with Crippen LogP contribution >= 0.6 is 12.6 Å². The number of rotatable bonds is 14. The lowest BCUT2D eigenvalue weighted by molar-refractivity contribution is 0.125. The molecule has 0 spiro atoms. The molecule has 0 heterocycles. The smallest absolute Gasteiger partial charge is 0.0466 e. The molecule has 0 aromatic rings. The van der Waals surface area contributed by atoms with Crippen LogP contribution in [0.3, 0.4) is 0 Å². The van der Waals surface area contributed by atoms with Crippen molar-refractivity contribution < 1.29 is 4.74 Å². The summed E-state index contributed by atoms with van der Waals surface area (Å²) >= 11 is 4.22. The summed E-state index contributed by atoms with van der Waals surface area (Å²) < 4.78 is 5.62. The maximum atomic E-state index is 5.62. The molecule has 0 bridgehead atoms. The number of hydrogen-bond donors (Lipinski definition) is 1. The Morgan fingerprint density at radius 3 is 1.65 bits per heavy atom. The van der Waals surface area contributed by atoms with Crippen molar-refractivity contribution in [3.8, 4) is 0 Å². The lowest BCUT2D eigenvalue weighted by Crippen LogP contribution is -1.97. The van der Waals surface area contributed by atoms with Crippen molar-refractivity contribution in [2.75, 3.05) is 19.0 Å². The van der Waals surface area contributed by atoms with Crippen molar-refractivity contribution in [2.24, 2.45) is 0 Å². The Hall–Kier alpha value is 0.310. The second-order valence-corrected chi connectivity index (χ2v) is 5.32. The molecular weight excluding hydrogens is 228 g/mol. The van der Waals surface area contributed by atoms with Gasteiger partial charge in [0, 0.05) is 13.2 Å². The minimum atomic E-state index is 0.974. The Kier molecular flexibility index (Phi) is 16.6. The van der Waals surface area contributed by atoms with Crippen molar-refractivity contribution in [1.29, 1.82) is 0 Å². The maximum absolute atomic E-state index is 5.62. The van der Waals surface area contributed by atoms with Gasteiger partial charge in [-0.2, -0.15) is 12.6 Å². The van der Waals surface area contributed by atoms with Crippen molar-refractivity contribution >= 4 is 12.6 Å². The van der Waals surface area contributed by atoms with Gasteiger partial charge in [0.15, 0.2) is 0 Å². The molecule has 2 heteroatoms. The van der Waals surface area contributed by atoms with Crippen LogP contribution in [-0.2, 0) is 4.74 Å². The first kappa shape index (κ1) is 17.3. The molecule has 0 N–H and O–H groups in total. The molecule has 0 radical (unpaired) electrons. The van der Waals surface area contributed by atoms with Crippen molar-refractivity contribution in [1.82, 2.24) is 0 Å². The van der Waals surface area contributed by atoms with Gasteiger partial charge in [-0.15, -0.1) is 0 Å². The minimum absolute atomic E-state index is 0.974. The number of ether oxygens (including phenoxy) is 1. The fraction of sp³-hybridized carbons (Fsp3) is 1.00. The first-order chi connectivity index (χ1) is 8.41. The van der Waals surface area contributed by atoms with Gasteiger partial charge in [0.25, 0.3) is 0 Å². The van der Waals surface area contributed by atoms with Crippen LogP contribution in [0.1, 0.15) is 77.6 Å². The fourth-order valence-corrected chi connectivity index (χ4v) is 2.16. The highest BCUT2D eigenvalue weighted by Crippen LogP contribution is 2.08. The molecule has 1 nitrogen and oxygen atoms in total. The summed E-state index contributed by atoms with van der Waals surface area (Å²) in [6.45, 7) is 4.20. The molecule has 0 aromatic carbocycles. The third kappa shape index (κ3) is 16.3. The monoisotopic (exact) mass is 260 g/mol. The van der Waals surface area contributed by atoms with Crippen LogP contribution in [0.15, 0.2) is 0 Å². The van der Waals surface area contributed by atoms with Crippen LogP contribution in [-0.4, -0.2) is 19.0 Å². The topological polar surface area (TPSA) is 9.23 Å². The van der Waals surface area contributed by atoms with E-state index in [1.807, 2.05) is 0 Å². The summed E-state index contributed by atoms with van der Waals surface area (Å²) in [6, 6.07) is 0. The minimum Gasteiger partial charge on any atom is -0.381 e. The van der Waals surface area contributed by atoms with Gasteiger partial charge in [0.2, 0.25) is 0 Å². The van der Waals surface area contributed by atoms with E-state index in [9.17, 15) is 0 Å². The molecule has 0 aromatic heterocycles. The van der Waals surface area contributed by atoms with Gasteiger partial charge in [-0.3, -0.25) is 0 Å². The molecule has 0 saturated carbocycles. The molecule has 0 rings (SSSR count). The molecule has 0 unspecified atom stereocenters. The van der Waals surface area contributed by atoms with E-state index in [-0.39, 0.29) is 0 Å². The van der Waals surface area contributed by atoms with Gasteiger partial charge in [-0.25, -0.2) is 0 Å². The zero-order chi connectivity index (χ0) is 12.6. The molecule has 0 aliphatic carbocycles. The third-order valence-electron chi connectivity index (χ3n) is 3.09. The number of unbranched alkanes of at least 4 members (excludes halogenated alkanes) is 9. The van der Waals surface area contributed by atoms with Crippen LogP contribution in [0, 0.1) is 0 Å². The second kappa shape index (κ2) is 16.3. The van der Waals surface area contributed by atoms with Gasteiger partial charge in [0.05, 0.1) is 0 Å². The normalized spacial score (nSPS) is 10.9. The van der Waals surface area contributed by atoms with Crippen molar-refractivity contribution in [3.05, 3.63) is 0 Å². The Labute approximate surface area is 114 Å². The average Bonchev–Trinajstić information content (AvgIpc) is 2.35. The highest BCUT2D eigenvalue weighted by molar-refractivity contribution is 7.80. The Balaban J connectivity index is 2.85. The lowest BCUT2D eigenvalue weighted by Gasteiger charge is -2.04. The van der Waals surface area contributed by atoms with E-state index in [2.05, 4.69) is 19.6 Å². The van der Waals surface area contributed by atoms with Gasteiger partial charge in [-0.05, 0) is 25.0 Å². The highest BCUT2D eigenvalue weighted by atomic mass is 32.1. The Bertz CT molecular complexity index is 114. The van der Waals surface area contributed by atoms with E-state index in [0.717, 1.165) is 19.0 Å². The highest BCUT2D eigenvalue weighted by Gasteiger charge is 1.92. The molecular formula is C15H32OS. The first-order valence-electron chi connectivity index (χ1n) is 7.60. The summed E-state index contributed by atoms with van der Waals surface area (Å²) in [4.78, 5) is 0. The molecule has 0 saturated heterocycles. The summed E-state index contributed by atoms with van der Waals surface area (Å²) in [5.41, 5.74) is 0. The molecule has 0 fully saturated rings. The lowest BCUT2D eigenvalue weighted by atomic mass is 10.1. The predicted octanol–water partition coefficient (Wildman–Crippen LogP) is 5.24. The molecule has 0 aliphatic rings. The van der Waals surface area contributed by atoms with Gasteiger partial charge >= 0.3 is 0 Å². The molecule has 104 valence electrons. The van der Waals surface area contributed by atoms with Crippen molar-refractivity contribution in [2.45, 2.75) is 77.6 Å². The summed E-state index contributed by atoms with van der Waals surface area (Å²) in [5, 5.41) is 0. The zero-order valence-corrected chi connectivity index (χ0v) is 12.6. The third-order valence-corrected chi connectivity index (χ3v) is 3.41. The Morgan fingerprint density at radius 1 is 0.647 bits per heavy atom. The van der Waals surface area contributed by atoms with Crippen molar-refractivity contribution in [3.63, 3.8) is 0 Å². The van der Waals surface area contributed by atoms with Crippen LogP contribution < -0.4 is 0 Å². The summed E-state index contributed by atoms with van der Waals surface area (Å²) in [7, 11) is 0. The summed E-state index contributed by atoms with van der Waals surface area (Å²) in [6.07, 6.45) is 14.6. The van der Waals surface area contributed by atoms with E-state index in [1.165, 1.54) is 70.6 Å². The van der Waals surface area contributed by atoms with Gasteiger partial charge in [0.1, 0.15) is 0 Å². The van der Waals surface area contributed by atoms with E-state index in [0.29, 0.717) is 0 Å². The molecule has 0 atom stereocenters. The number of thiol groups is 1.